The third kappa shape index (κ3) is 2.14. The summed E-state index contributed by atoms with van der Waals surface area (Å²) in [7, 11) is 0. The van der Waals surface area contributed by atoms with Crippen molar-refractivity contribution < 1.29 is 0 Å². The standard InChI is InChI=1S/C13H12N4OS2/c1-2-7-16-11(14-15-12(16)19)8-17-9-5-3-4-6-10(9)20-13(17)18/h2-6H,1,7-8H2,(H,15,19). The summed E-state index contributed by atoms with van der Waals surface area (Å²) in [6.45, 7) is 4.67. The predicted molar refractivity (Wildman–Crippen MR) is 82.8 cm³/mol. The Morgan fingerprint density at radius 1 is 1.40 bits per heavy atom. The van der Waals surface area contributed by atoms with Crippen LogP contribution in [0.3, 0.4) is 0 Å². The quantitative estimate of drug-likeness (QED) is 0.595. The number of hydrogen-bond donors (Lipinski definition) is 1. The van der Waals surface area contributed by atoms with E-state index in [1.54, 1.807) is 10.6 Å². The fraction of sp³-hybridized carbons (Fsp3) is 0.154. The van der Waals surface area contributed by atoms with Gasteiger partial charge in [-0.2, -0.15) is 5.10 Å². The van der Waals surface area contributed by atoms with E-state index in [2.05, 4.69) is 16.8 Å². The van der Waals surface area contributed by atoms with Crippen molar-refractivity contribution in [2.45, 2.75) is 13.1 Å². The summed E-state index contributed by atoms with van der Waals surface area (Å²) < 4.78 is 5.06. The zero-order valence-electron chi connectivity index (χ0n) is 10.6. The van der Waals surface area contributed by atoms with Gasteiger partial charge >= 0.3 is 4.87 Å². The van der Waals surface area contributed by atoms with Gasteiger partial charge in [-0.3, -0.25) is 19.0 Å². The zero-order valence-corrected chi connectivity index (χ0v) is 12.2. The average molecular weight is 304 g/mol. The van der Waals surface area contributed by atoms with Gasteiger partial charge in [-0.15, -0.1) is 6.58 Å². The van der Waals surface area contributed by atoms with Gasteiger partial charge < -0.3 is 0 Å². The van der Waals surface area contributed by atoms with Crippen molar-refractivity contribution in [3.05, 3.63) is 57.2 Å². The molecule has 2 aromatic heterocycles. The number of hydrogen-bond acceptors (Lipinski definition) is 4. The molecule has 5 nitrogen and oxygen atoms in total. The van der Waals surface area contributed by atoms with Gasteiger partial charge in [0.05, 0.1) is 16.8 Å². The van der Waals surface area contributed by atoms with Crippen LogP contribution in [-0.2, 0) is 13.1 Å². The summed E-state index contributed by atoms with van der Waals surface area (Å²) >= 11 is 6.41. The summed E-state index contributed by atoms with van der Waals surface area (Å²) in [5.74, 6) is 0.723. The Morgan fingerprint density at radius 2 is 2.20 bits per heavy atom. The molecule has 1 aromatic carbocycles. The molecule has 1 N–H and O–H groups in total. The number of para-hydroxylation sites is 1. The highest BCUT2D eigenvalue weighted by Crippen LogP contribution is 2.17. The molecule has 7 heteroatoms. The first kappa shape index (κ1) is 13.0. The largest absolute Gasteiger partial charge is 0.308 e. The molecule has 102 valence electrons. The number of aromatic nitrogens is 4. The van der Waals surface area contributed by atoms with E-state index in [-0.39, 0.29) is 4.87 Å². The molecule has 0 amide bonds. The molecule has 20 heavy (non-hydrogen) atoms. The van der Waals surface area contributed by atoms with Crippen molar-refractivity contribution in [3.63, 3.8) is 0 Å². The molecular formula is C13H12N4OS2. The van der Waals surface area contributed by atoms with Gasteiger partial charge in [0.15, 0.2) is 10.6 Å². The van der Waals surface area contributed by atoms with Crippen LogP contribution in [0.15, 0.2) is 41.7 Å². The number of thiazole rings is 1. The fourth-order valence-corrected chi connectivity index (χ4v) is 3.21. The van der Waals surface area contributed by atoms with Crippen LogP contribution in [0.5, 0.6) is 0 Å². The Morgan fingerprint density at radius 3 is 3.00 bits per heavy atom. The molecule has 0 aliphatic carbocycles. The minimum atomic E-state index is 0.00488. The Labute approximate surface area is 123 Å². The van der Waals surface area contributed by atoms with Crippen LogP contribution in [0.1, 0.15) is 5.82 Å². The van der Waals surface area contributed by atoms with Gasteiger partial charge in [-0.25, -0.2) is 0 Å². The Balaban J connectivity index is 2.10. The Kier molecular flexibility index (Phi) is 3.37. The lowest BCUT2D eigenvalue weighted by Gasteiger charge is -2.05. The molecule has 0 bridgehead atoms. The van der Waals surface area contributed by atoms with Crippen LogP contribution in [-0.4, -0.2) is 19.3 Å². The molecule has 3 aromatic rings. The highest BCUT2D eigenvalue weighted by Gasteiger charge is 2.11. The Hall–Kier alpha value is -1.99. The second-order valence-electron chi connectivity index (χ2n) is 4.27. The van der Waals surface area contributed by atoms with Gasteiger partial charge in [0.1, 0.15) is 0 Å². The molecule has 0 aliphatic rings. The van der Waals surface area contributed by atoms with Crippen LogP contribution in [0.2, 0.25) is 0 Å². The van der Waals surface area contributed by atoms with E-state index in [0.717, 1.165) is 16.0 Å². The topological polar surface area (TPSA) is 55.6 Å². The first-order chi connectivity index (χ1) is 9.70. The van der Waals surface area contributed by atoms with Crippen LogP contribution < -0.4 is 4.87 Å². The molecule has 2 heterocycles. The van der Waals surface area contributed by atoms with E-state index >= 15 is 0 Å². The fourth-order valence-electron chi connectivity index (χ4n) is 2.09. The van der Waals surface area contributed by atoms with E-state index in [1.807, 2.05) is 28.8 Å². The van der Waals surface area contributed by atoms with Crippen molar-refractivity contribution in [2.24, 2.45) is 0 Å². The molecule has 0 saturated heterocycles. The molecule has 0 fully saturated rings. The maximum Gasteiger partial charge on any atom is 0.308 e. The summed E-state index contributed by atoms with van der Waals surface area (Å²) in [5, 5.41) is 6.96. The molecule has 0 radical (unpaired) electrons. The maximum absolute atomic E-state index is 12.1. The van der Waals surface area contributed by atoms with Crippen molar-refractivity contribution in [1.29, 1.82) is 0 Å². The number of nitrogens with zero attached hydrogens (tertiary/aromatic N) is 3. The second-order valence-corrected chi connectivity index (χ2v) is 5.65. The number of nitrogens with one attached hydrogen (secondary N) is 1. The van der Waals surface area contributed by atoms with Gasteiger partial charge in [0.2, 0.25) is 0 Å². The highest BCUT2D eigenvalue weighted by molar-refractivity contribution is 7.71. The second kappa shape index (κ2) is 5.18. The minimum Gasteiger partial charge on any atom is -0.299 e. The summed E-state index contributed by atoms with van der Waals surface area (Å²) in [6.07, 6.45) is 1.75. The van der Waals surface area contributed by atoms with Gasteiger partial charge in [-0.05, 0) is 24.4 Å². The lowest BCUT2D eigenvalue weighted by molar-refractivity contribution is 0.676. The summed E-state index contributed by atoms with van der Waals surface area (Å²) in [6, 6.07) is 7.73. The molecule has 0 saturated carbocycles. The molecule has 0 atom stereocenters. The normalized spacial score (nSPS) is 11.0. The van der Waals surface area contributed by atoms with Gasteiger partial charge in [-0.1, -0.05) is 29.5 Å². The monoisotopic (exact) mass is 304 g/mol. The Bertz CT molecular complexity index is 884. The van der Waals surface area contributed by atoms with E-state index in [9.17, 15) is 4.79 Å². The van der Waals surface area contributed by atoms with E-state index in [4.69, 9.17) is 12.2 Å². The van der Waals surface area contributed by atoms with Crippen LogP contribution in [0.25, 0.3) is 10.2 Å². The zero-order chi connectivity index (χ0) is 14.1. The third-order valence-electron chi connectivity index (χ3n) is 3.02. The SMILES string of the molecule is C=CCn1c(Cn2c(=O)sc3ccccc32)n[nH]c1=S. The van der Waals surface area contributed by atoms with E-state index < -0.39 is 0 Å². The van der Waals surface area contributed by atoms with Crippen LogP contribution in [0.4, 0.5) is 0 Å². The lowest BCUT2D eigenvalue weighted by Crippen LogP contribution is -2.17. The van der Waals surface area contributed by atoms with Crippen LogP contribution in [0, 0.1) is 4.77 Å². The lowest BCUT2D eigenvalue weighted by atomic mass is 10.3. The first-order valence-electron chi connectivity index (χ1n) is 6.04. The molecule has 0 aliphatic heterocycles. The molecule has 0 unspecified atom stereocenters. The predicted octanol–water partition coefficient (Wildman–Crippen LogP) is 2.55. The minimum absolute atomic E-state index is 0.00488. The smallest absolute Gasteiger partial charge is 0.299 e. The van der Waals surface area contributed by atoms with Crippen molar-refractivity contribution in [3.8, 4) is 0 Å². The maximum atomic E-state index is 12.1. The first-order valence-corrected chi connectivity index (χ1v) is 7.26. The molecular weight excluding hydrogens is 292 g/mol. The van der Waals surface area contributed by atoms with Crippen molar-refractivity contribution >= 4 is 33.8 Å². The van der Waals surface area contributed by atoms with Crippen LogP contribution >= 0.6 is 23.6 Å². The van der Waals surface area contributed by atoms with E-state index in [0.29, 0.717) is 17.9 Å². The van der Waals surface area contributed by atoms with Gasteiger partial charge in [0.25, 0.3) is 0 Å². The van der Waals surface area contributed by atoms with Crippen molar-refractivity contribution in [2.75, 3.05) is 0 Å². The third-order valence-corrected chi connectivity index (χ3v) is 4.29. The molecule has 3 rings (SSSR count). The number of benzene rings is 1. The number of fused-ring (bicyclic) bond motifs is 1. The summed E-state index contributed by atoms with van der Waals surface area (Å²) in [4.78, 5) is 12.1. The average Bonchev–Trinajstić information content (AvgIpc) is 2.94. The summed E-state index contributed by atoms with van der Waals surface area (Å²) in [5.41, 5.74) is 0.918. The number of rotatable bonds is 4. The van der Waals surface area contributed by atoms with E-state index in [1.165, 1.54) is 11.3 Å². The molecule has 0 spiro atoms. The van der Waals surface area contributed by atoms with Crippen molar-refractivity contribution in [1.82, 2.24) is 19.3 Å². The highest BCUT2D eigenvalue weighted by atomic mass is 32.1. The van der Waals surface area contributed by atoms with Gasteiger partial charge in [0, 0.05) is 6.54 Å². The number of allylic oxidation sites excluding steroid dienone is 1. The number of aromatic amines is 1. The number of H-pyrrole nitrogens is 1.